The number of ether oxygens (including phenoxy) is 1. The van der Waals surface area contributed by atoms with E-state index in [2.05, 4.69) is 4.72 Å². The Kier molecular flexibility index (Phi) is 5.46. The van der Waals surface area contributed by atoms with Crippen molar-refractivity contribution in [3.05, 3.63) is 47.8 Å². The van der Waals surface area contributed by atoms with Crippen molar-refractivity contribution < 1.29 is 31.5 Å². The SMILES string of the molecule is COc1cc(N[SH](=O)=O)ccc1C(=O)N1CCN(C(=O)C2C3C(F)=CC=CC23F)CC1. The summed E-state index contributed by atoms with van der Waals surface area (Å²) < 4.78 is 57.7. The number of amides is 2. The van der Waals surface area contributed by atoms with E-state index in [9.17, 15) is 26.8 Å². The molecule has 1 aliphatic heterocycles. The van der Waals surface area contributed by atoms with Crippen LogP contribution in [0.25, 0.3) is 0 Å². The van der Waals surface area contributed by atoms with Crippen molar-refractivity contribution in [2.75, 3.05) is 38.0 Å². The van der Waals surface area contributed by atoms with Crippen LogP contribution >= 0.6 is 0 Å². The van der Waals surface area contributed by atoms with E-state index in [1.807, 2.05) is 0 Å². The summed E-state index contributed by atoms with van der Waals surface area (Å²) in [4.78, 5) is 28.6. The lowest BCUT2D eigenvalue weighted by atomic mass is 10.1. The number of thiol groups is 1. The summed E-state index contributed by atoms with van der Waals surface area (Å²) in [5.74, 6) is -3.30. The normalized spacial score (nSPS) is 26.9. The van der Waals surface area contributed by atoms with Crippen LogP contribution in [0.5, 0.6) is 5.75 Å². The zero-order valence-electron chi connectivity index (χ0n) is 16.6. The van der Waals surface area contributed by atoms with E-state index in [4.69, 9.17) is 4.74 Å². The van der Waals surface area contributed by atoms with Gasteiger partial charge in [0.05, 0.1) is 30.2 Å². The first kappa shape index (κ1) is 21.3. The molecule has 1 saturated carbocycles. The third-order valence-electron chi connectivity index (χ3n) is 5.88. The number of nitrogens with one attached hydrogen (secondary N) is 1. The number of halogens is 2. The van der Waals surface area contributed by atoms with Crippen LogP contribution < -0.4 is 9.46 Å². The van der Waals surface area contributed by atoms with Gasteiger partial charge in [-0.1, -0.05) is 6.08 Å². The number of allylic oxidation sites excluding steroid dienone is 4. The Morgan fingerprint density at radius 2 is 1.87 bits per heavy atom. The number of carbonyl (C=O) groups excluding carboxylic acids is 2. The van der Waals surface area contributed by atoms with Crippen LogP contribution in [0.1, 0.15) is 10.4 Å². The average molecular weight is 453 g/mol. The molecule has 0 radical (unpaired) electrons. The first-order valence-corrected chi connectivity index (χ1v) is 10.8. The van der Waals surface area contributed by atoms with Crippen molar-refractivity contribution in [3.8, 4) is 5.75 Å². The van der Waals surface area contributed by atoms with Gasteiger partial charge < -0.3 is 14.5 Å². The van der Waals surface area contributed by atoms with Crippen molar-refractivity contribution in [2.45, 2.75) is 5.67 Å². The second kappa shape index (κ2) is 7.95. The Balaban J connectivity index is 1.40. The molecule has 2 aliphatic carbocycles. The van der Waals surface area contributed by atoms with Gasteiger partial charge in [0.1, 0.15) is 11.6 Å². The molecule has 2 fully saturated rings. The number of alkyl halides is 1. The van der Waals surface area contributed by atoms with Gasteiger partial charge in [0.25, 0.3) is 5.91 Å². The standard InChI is InChI=1S/C20H21F2N3O5S/c1-30-15-11-12(23-31(28)29)4-5-13(15)18(26)24-7-9-25(10-8-24)19(27)17-16-14(21)3-2-6-20(16,17)22/h2-6,11,16-17,31H,7-10H2,1H3,(H,23,28,29). The third-order valence-corrected chi connectivity index (χ3v) is 6.32. The Bertz CT molecular complexity index is 1060. The highest BCUT2D eigenvalue weighted by Crippen LogP contribution is 2.61. The molecule has 8 nitrogen and oxygen atoms in total. The minimum atomic E-state index is -2.85. The van der Waals surface area contributed by atoms with Gasteiger partial charge in [-0.05, 0) is 24.3 Å². The fourth-order valence-electron chi connectivity index (χ4n) is 4.22. The predicted octanol–water partition coefficient (Wildman–Crippen LogP) is 1.30. The maximum atomic E-state index is 14.8. The topological polar surface area (TPSA) is 96.0 Å². The molecule has 11 heteroatoms. The predicted molar refractivity (Wildman–Crippen MR) is 109 cm³/mol. The van der Waals surface area contributed by atoms with E-state index >= 15 is 0 Å². The summed E-state index contributed by atoms with van der Waals surface area (Å²) in [6.07, 6.45) is 3.70. The molecule has 1 aromatic rings. The molecule has 166 valence electrons. The smallest absolute Gasteiger partial charge is 0.257 e. The summed E-state index contributed by atoms with van der Waals surface area (Å²) >= 11 is 0. The molecule has 4 rings (SSSR count). The molecular weight excluding hydrogens is 432 g/mol. The highest BCUT2D eigenvalue weighted by atomic mass is 32.2. The van der Waals surface area contributed by atoms with Gasteiger partial charge in [0, 0.05) is 32.2 Å². The van der Waals surface area contributed by atoms with Gasteiger partial charge in [0.15, 0.2) is 5.67 Å². The average Bonchev–Trinajstić information content (AvgIpc) is 3.39. The van der Waals surface area contributed by atoms with Crippen LogP contribution in [0.4, 0.5) is 14.5 Å². The highest BCUT2D eigenvalue weighted by molar-refractivity contribution is 7.73. The minimum Gasteiger partial charge on any atom is -0.496 e. The summed E-state index contributed by atoms with van der Waals surface area (Å²) in [5, 5.41) is 0. The van der Waals surface area contributed by atoms with Gasteiger partial charge >= 0.3 is 0 Å². The molecule has 3 atom stereocenters. The van der Waals surface area contributed by atoms with E-state index in [1.165, 1.54) is 53.3 Å². The number of rotatable bonds is 5. The van der Waals surface area contributed by atoms with Crippen LogP contribution in [0.3, 0.4) is 0 Å². The van der Waals surface area contributed by atoms with E-state index in [0.29, 0.717) is 0 Å². The van der Waals surface area contributed by atoms with Crippen LogP contribution in [0.2, 0.25) is 0 Å². The molecular formula is C20H21F2N3O5S. The number of anilines is 1. The molecule has 1 N–H and O–H groups in total. The van der Waals surface area contributed by atoms with Gasteiger partial charge in [-0.2, -0.15) is 0 Å². The fraction of sp³-hybridized carbons (Fsp3) is 0.400. The molecule has 1 heterocycles. The number of carbonyl (C=O) groups is 2. The van der Waals surface area contributed by atoms with Crippen molar-refractivity contribution in [2.24, 2.45) is 11.8 Å². The Morgan fingerprint density at radius 3 is 2.48 bits per heavy atom. The zero-order chi connectivity index (χ0) is 22.3. The maximum Gasteiger partial charge on any atom is 0.257 e. The molecule has 0 bridgehead atoms. The lowest BCUT2D eigenvalue weighted by molar-refractivity contribution is -0.135. The van der Waals surface area contributed by atoms with E-state index in [1.54, 1.807) is 0 Å². The molecule has 0 aromatic heterocycles. The van der Waals surface area contributed by atoms with Gasteiger partial charge in [-0.25, -0.2) is 17.2 Å². The van der Waals surface area contributed by atoms with Crippen molar-refractivity contribution in [1.82, 2.24) is 9.80 Å². The second-order valence-corrected chi connectivity index (χ2v) is 8.33. The first-order chi connectivity index (χ1) is 14.8. The third kappa shape index (κ3) is 3.78. The Morgan fingerprint density at radius 1 is 1.19 bits per heavy atom. The maximum absolute atomic E-state index is 14.8. The monoisotopic (exact) mass is 453 g/mol. The molecule has 3 aliphatic rings. The molecule has 0 spiro atoms. The number of hydrogen-bond acceptors (Lipinski definition) is 5. The van der Waals surface area contributed by atoms with E-state index in [-0.39, 0.29) is 49.1 Å². The zero-order valence-corrected chi connectivity index (χ0v) is 17.5. The first-order valence-electron chi connectivity index (χ1n) is 9.67. The van der Waals surface area contributed by atoms with Crippen LogP contribution in [0.15, 0.2) is 42.3 Å². The van der Waals surface area contributed by atoms with E-state index < -0.39 is 40.1 Å². The molecule has 3 unspecified atom stereocenters. The van der Waals surface area contributed by atoms with Gasteiger partial charge in [-0.3, -0.25) is 14.3 Å². The number of methoxy groups -OCH3 is 1. The van der Waals surface area contributed by atoms with Crippen LogP contribution in [-0.4, -0.2) is 69.0 Å². The lowest BCUT2D eigenvalue weighted by Crippen LogP contribution is -2.51. The summed E-state index contributed by atoms with van der Waals surface area (Å²) in [5.41, 5.74) is -1.44. The lowest BCUT2D eigenvalue weighted by Gasteiger charge is -2.35. The Hall–Kier alpha value is -2.95. The van der Waals surface area contributed by atoms with Crippen molar-refractivity contribution in [1.29, 1.82) is 0 Å². The summed E-state index contributed by atoms with van der Waals surface area (Å²) in [7, 11) is -1.48. The van der Waals surface area contributed by atoms with Crippen molar-refractivity contribution >= 4 is 28.4 Å². The van der Waals surface area contributed by atoms with E-state index in [0.717, 1.165) is 0 Å². The molecule has 31 heavy (non-hydrogen) atoms. The summed E-state index contributed by atoms with van der Waals surface area (Å²) in [6, 6.07) is 4.32. The second-order valence-electron chi connectivity index (χ2n) is 7.59. The molecule has 2 amide bonds. The largest absolute Gasteiger partial charge is 0.496 e. The Labute approximate surface area is 179 Å². The quantitative estimate of drug-likeness (QED) is 0.656. The van der Waals surface area contributed by atoms with Crippen molar-refractivity contribution in [3.63, 3.8) is 0 Å². The van der Waals surface area contributed by atoms with Crippen LogP contribution in [0, 0.1) is 11.8 Å². The molecule has 1 saturated heterocycles. The van der Waals surface area contributed by atoms with Gasteiger partial charge in [-0.15, -0.1) is 0 Å². The minimum absolute atomic E-state index is 0.206. The van der Waals surface area contributed by atoms with Gasteiger partial charge in [0.2, 0.25) is 16.8 Å². The number of nitrogens with zero attached hydrogens (tertiary/aromatic N) is 2. The summed E-state index contributed by atoms with van der Waals surface area (Å²) in [6.45, 7) is 0.866. The fourth-order valence-corrected chi connectivity index (χ4v) is 4.57. The number of piperazine rings is 1. The molecule has 1 aromatic carbocycles. The number of hydrogen-bond donors (Lipinski definition) is 2. The number of fused-ring (bicyclic) bond motifs is 1. The highest BCUT2D eigenvalue weighted by Gasteiger charge is 2.71. The van der Waals surface area contributed by atoms with Crippen LogP contribution in [-0.2, 0) is 15.7 Å². The number of benzene rings is 1.